The SMILES string of the molecule is CC(C)c1n[nH]c(=S)n1C1CCN(C)C(C)C1. The summed E-state index contributed by atoms with van der Waals surface area (Å²) in [5, 5.41) is 7.31. The molecule has 0 saturated carbocycles. The molecule has 2 rings (SSSR count). The first-order valence-corrected chi connectivity index (χ1v) is 6.78. The van der Waals surface area contributed by atoms with Gasteiger partial charge in [0.05, 0.1) is 0 Å². The van der Waals surface area contributed by atoms with Crippen LogP contribution in [0.25, 0.3) is 0 Å². The minimum absolute atomic E-state index is 0.415. The predicted molar refractivity (Wildman–Crippen MR) is 71.9 cm³/mol. The molecular formula is C12H22N4S. The van der Waals surface area contributed by atoms with Gasteiger partial charge in [-0.05, 0) is 39.0 Å². The number of aromatic nitrogens is 3. The normalized spacial score (nSPS) is 26.6. The smallest absolute Gasteiger partial charge is 0.195 e. The fourth-order valence-electron chi connectivity index (χ4n) is 2.58. The minimum Gasteiger partial charge on any atom is -0.304 e. The molecule has 1 aliphatic rings. The summed E-state index contributed by atoms with van der Waals surface area (Å²) >= 11 is 5.37. The van der Waals surface area contributed by atoms with Crippen molar-refractivity contribution >= 4 is 12.2 Å². The Morgan fingerprint density at radius 1 is 1.47 bits per heavy atom. The molecule has 0 aliphatic carbocycles. The van der Waals surface area contributed by atoms with Gasteiger partial charge >= 0.3 is 0 Å². The quantitative estimate of drug-likeness (QED) is 0.825. The molecule has 0 aromatic carbocycles. The summed E-state index contributed by atoms with van der Waals surface area (Å²) in [6.07, 6.45) is 2.32. The van der Waals surface area contributed by atoms with Crippen molar-refractivity contribution in [2.24, 2.45) is 0 Å². The number of hydrogen-bond donors (Lipinski definition) is 1. The van der Waals surface area contributed by atoms with E-state index in [4.69, 9.17) is 12.2 Å². The molecule has 0 amide bonds. The highest BCUT2D eigenvalue weighted by Gasteiger charge is 2.26. The van der Waals surface area contributed by atoms with Crippen LogP contribution < -0.4 is 0 Å². The summed E-state index contributed by atoms with van der Waals surface area (Å²) in [5.41, 5.74) is 0. The van der Waals surface area contributed by atoms with E-state index in [0.29, 0.717) is 18.0 Å². The van der Waals surface area contributed by atoms with Gasteiger partial charge in [0.25, 0.3) is 0 Å². The third-order valence-electron chi connectivity index (χ3n) is 3.79. The van der Waals surface area contributed by atoms with Crippen LogP contribution in [0.2, 0.25) is 0 Å². The Hall–Kier alpha value is -0.680. The Kier molecular flexibility index (Phi) is 3.68. The molecule has 17 heavy (non-hydrogen) atoms. The Bertz CT molecular complexity index is 434. The third kappa shape index (κ3) is 2.45. The van der Waals surface area contributed by atoms with E-state index >= 15 is 0 Å². The topological polar surface area (TPSA) is 36.9 Å². The largest absolute Gasteiger partial charge is 0.304 e. The van der Waals surface area contributed by atoms with E-state index in [1.165, 1.54) is 0 Å². The summed E-state index contributed by atoms with van der Waals surface area (Å²) in [5.74, 6) is 1.51. The summed E-state index contributed by atoms with van der Waals surface area (Å²) in [4.78, 5) is 2.41. The first kappa shape index (κ1) is 12.8. The van der Waals surface area contributed by atoms with Gasteiger partial charge < -0.3 is 9.47 Å². The lowest BCUT2D eigenvalue weighted by molar-refractivity contribution is 0.154. The Morgan fingerprint density at radius 3 is 2.76 bits per heavy atom. The fraction of sp³-hybridized carbons (Fsp3) is 0.833. The highest BCUT2D eigenvalue weighted by Crippen LogP contribution is 2.28. The molecular weight excluding hydrogens is 232 g/mol. The van der Waals surface area contributed by atoms with Crippen molar-refractivity contribution in [1.82, 2.24) is 19.7 Å². The van der Waals surface area contributed by atoms with Gasteiger partial charge in [-0.15, -0.1) is 0 Å². The Morgan fingerprint density at radius 2 is 2.18 bits per heavy atom. The van der Waals surface area contributed by atoms with Crippen molar-refractivity contribution in [3.63, 3.8) is 0 Å². The van der Waals surface area contributed by atoms with Crippen molar-refractivity contribution in [1.29, 1.82) is 0 Å². The van der Waals surface area contributed by atoms with Crippen LogP contribution in [0.15, 0.2) is 0 Å². The van der Waals surface area contributed by atoms with Crippen molar-refractivity contribution in [3.05, 3.63) is 10.6 Å². The van der Waals surface area contributed by atoms with Gasteiger partial charge in [-0.2, -0.15) is 5.10 Å². The van der Waals surface area contributed by atoms with E-state index < -0.39 is 0 Å². The molecule has 1 saturated heterocycles. The van der Waals surface area contributed by atoms with Crippen LogP contribution in [0.5, 0.6) is 0 Å². The van der Waals surface area contributed by atoms with E-state index in [1.54, 1.807) is 0 Å². The van der Waals surface area contributed by atoms with Crippen molar-refractivity contribution in [2.75, 3.05) is 13.6 Å². The number of nitrogens with one attached hydrogen (secondary N) is 1. The highest BCUT2D eigenvalue weighted by molar-refractivity contribution is 7.71. The second kappa shape index (κ2) is 4.90. The molecule has 2 atom stereocenters. The molecule has 1 N–H and O–H groups in total. The average molecular weight is 254 g/mol. The molecule has 4 nitrogen and oxygen atoms in total. The van der Waals surface area contributed by atoms with Gasteiger partial charge in [0, 0.05) is 24.5 Å². The van der Waals surface area contributed by atoms with Crippen LogP contribution in [-0.4, -0.2) is 39.3 Å². The lowest BCUT2D eigenvalue weighted by atomic mass is 9.98. The van der Waals surface area contributed by atoms with Gasteiger partial charge in [0.1, 0.15) is 5.82 Å². The molecule has 1 aliphatic heterocycles. The molecule has 1 fully saturated rings. The third-order valence-corrected chi connectivity index (χ3v) is 4.08. The Balaban J connectivity index is 2.28. The van der Waals surface area contributed by atoms with Gasteiger partial charge in [0.15, 0.2) is 4.77 Å². The van der Waals surface area contributed by atoms with Crippen molar-refractivity contribution in [3.8, 4) is 0 Å². The molecule has 2 unspecified atom stereocenters. The molecule has 0 spiro atoms. The molecule has 5 heteroatoms. The minimum atomic E-state index is 0.415. The molecule has 1 aromatic rings. The standard InChI is InChI=1S/C12H22N4S/c1-8(2)11-13-14-12(17)16(11)10-5-6-15(4)9(3)7-10/h8-10H,5-7H2,1-4H3,(H,14,17). The van der Waals surface area contributed by atoms with E-state index in [9.17, 15) is 0 Å². The van der Waals surface area contributed by atoms with E-state index in [2.05, 4.69) is 47.5 Å². The molecule has 96 valence electrons. The summed E-state index contributed by atoms with van der Waals surface area (Å²) in [6, 6.07) is 1.12. The Labute approximate surface area is 108 Å². The maximum absolute atomic E-state index is 5.37. The summed E-state index contributed by atoms with van der Waals surface area (Å²) in [7, 11) is 2.19. The number of hydrogen-bond acceptors (Lipinski definition) is 3. The van der Waals surface area contributed by atoms with Gasteiger partial charge in [0.2, 0.25) is 0 Å². The van der Waals surface area contributed by atoms with Gasteiger partial charge in [-0.1, -0.05) is 13.8 Å². The summed E-state index contributed by atoms with van der Waals surface area (Å²) in [6.45, 7) is 7.75. The molecule has 0 radical (unpaired) electrons. The highest BCUT2D eigenvalue weighted by atomic mass is 32.1. The second-order valence-corrected chi connectivity index (χ2v) is 5.81. The van der Waals surface area contributed by atoms with E-state index in [0.717, 1.165) is 30.0 Å². The fourth-order valence-corrected chi connectivity index (χ4v) is 2.86. The first-order chi connectivity index (χ1) is 8.00. The maximum Gasteiger partial charge on any atom is 0.195 e. The van der Waals surface area contributed by atoms with Crippen molar-refractivity contribution in [2.45, 2.75) is 51.6 Å². The number of nitrogens with zero attached hydrogens (tertiary/aromatic N) is 3. The zero-order chi connectivity index (χ0) is 12.6. The molecule has 0 bridgehead atoms. The second-order valence-electron chi connectivity index (χ2n) is 5.42. The van der Waals surface area contributed by atoms with Crippen LogP contribution >= 0.6 is 12.2 Å². The molecule has 2 heterocycles. The number of rotatable bonds is 2. The zero-order valence-corrected chi connectivity index (χ0v) is 11.9. The molecule has 1 aromatic heterocycles. The van der Waals surface area contributed by atoms with E-state index in [-0.39, 0.29) is 0 Å². The van der Waals surface area contributed by atoms with Crippen LogP contribution in [0.4, 0.5) is 0 Å². The summed E-state index contributed by atoms with van der Waals surface area (Å²) < 4.78 is 3.01. The van der Waals surface area contributed by atoms with E-state index in [1.807, 2.05) is 0 Å². The van der Waals surface area contributed by atoms with Crippen LogP contribution in [0, 0.1) is 4.77 Å². The van der Waals surface area contributed by atoms with Crippen LogP contribution in [0.3, 0.4) is 0 Å². The van der Waals surface area contributed by atoms with Crippen LogP contribution in [0.1, 0.15) is 51.4 Å². The average Bonchev–Trinajstić information content (AvgIpc) is 2.64. The maximum atomic E-state index is 5.37. The van der Waals surface area contributed by atoms with Gasteiger partial charge in [-0.3, -0.25) is 5.10 Å². The monoisotopic (exact) mass is 254 g/mol. The zero-order valence-electron chi connectivity index (χ0n) is 11.1. The van der Waals surface area contributed by atoms with Gasteiger partial charge in [-0.25, -0.2) is 0 Å². The lowest BCUT2D eigenvalue weighted by Crippen LogP contribution is -2.38. The number of piperidine rings is 1. The lowest BCUT2D eigenvalue weighted by Gasteiger charge is -2.36. The number of likely N-dealkylation sites (tertiary alicyclic amines) is 1. The number of H-pyrrole nitrogens is 1. The first-order valence-electron chi connectivity index (χ1n) is 6.37. The number of aromatic amines is 1. The van der Waals surface area contributed by atoms with Crippen LogP contribution in [-0.2, 0) is 0 Å². The predicted octanol–water partition coefficient (Wildman–Crippen LogP) is 2.72. The van der Waals surface area contributed by atoms with Crippen molar-refractivity contribution < 1.29 is 0 Å².